The van der Waals surface area contributed by atoms with E-state index in [1.54, 1.807) is 6.92 Å². The second-order valence-corrected chi connectivity index (χ2v) is 3.77. The summed E-state index contributed by atoms with van der Waals surface area (Å²) < 4.78 is 0. The van der Waals surface area contributed by atoms with E-state index in [1.807, 2.05) is 0 Å². The molecule has 3 N–H and O–H groups in total. The van der Waals surface area contributed by atoms with E-state index in [2.05, 4.69) is 11.9 Å². The van der Waals surface area contributed by atoms with Crippen LogP contribution in [0, 0.1) is 0 Å². The summed E-state index contributed by atoms with van der Waals surface area (Å²) in [5.74, 6) is -0.0550. The number of carbonyl (C=O) groups is 1. The summed E-state index contributed by atoms with van der Waals surface area (Å²) in [5, 5.41) is 2.80. The number of nitrogens with two attached hydrogens (primary N) is 1. The van der Waals surface area contributed by atoms with Gasteiger partial charge in [-0.2, -0.15) is 0 Å². The molecule has 14 heavy (non-hydrogen) atoms. The lowest BCUT2D eigenvalue weighted by atomic mass is 9.91. The summed E-state index contributed by atoms with van der Waals surface area (Å²) in [4.78, 5) is 11.1. The third-order valence-electron chi connectivity index (χ3n) is 2.48. The van der Waals surface area contributed by atoms with Crippen molar-refractivity contribution in [3.05, 3.63) is 23.4 Å². The highest BCUT2D eigenvalue weighted by Crippen LogP contribution is 2.26. The first-order valence-electron chi connectivity index (χ1n) is 5.01. The maximum atomic E-state index is 11.1. The van der Waals surface area contributed by atoms with Gasteiger partial charge in [0.15, 0.2) is 0 Å². The van der Waals surface area contributed by atoms with Crippen LogP contribution in [0.3, 0.4) is 0 Å². The van der Waals surface area contributed by atoms with Crippen LogP contribution in [0.4, 0.5) is 0 Å². The van der Waals surface area contributed by atoms with Crippen LogP contribution in [0.5, 0.6) is 0 Å². The van der Waals surface area contributed by atoms with Crippen molar-refractivity contribution >= 4 is 5.91 Å². The van der Waals surface area contributed by atoms with Gasteiger partial charge < -0.3 is 11.1 Å². The molecule has 0 aromatic rings. The first-order valence-corrected chi connectivity index (χ1v) is 5.01. The molecule has 3 nitrogen and oxygen atoms in total. The number of allylic oxidation sites excluding steroid dienone is 2. The molecule has 1 amide bonds. The number of hydrogen-bond acceptors (Lipinski definition) is 2. The zero-order valence-corrected chi connectivity index (χ0v) is 8.73. The quantitative estimate of drug-likeness (QED) is 0.514. The van der Waals surface area contributed by atoms with Gasteiger partial charge in [0.05, 0.1) is 0 Å². The molecule has 0 unspecified atom stereocenters. The Morgan fingerprint density at radius 2 is 2.29 bits per heavy atom. The molecule has 0 radical (unpaired) electrons. The Labute approximate surface area is 85.1 Å². The van der Waals surface area contributed by atoms with E-state index >= 15 is 0 Å². The summed E-state index contributed by atoms with van der Waals surface area (Å²) in [5.41, 5.74) is 8.68. The van der Waals surface area contributed by atoms with E-state index in [4.69, 9.17) is 5.73 Å². The predicted octanol–water partition coefficient (Wildman–Crippen LogP) is 1.47. The average Bonchev–Trinajstić information content (AvgIpc) is 2.14. The second kappa shape index (κ2) is 4.84. The maximum absolute atomic E-state index is 11.1. The molecule has 78 valence electrons. The highest BCUT2D eigenvalue weighted by Gasteiger charge is 2.12. The lowest BCUT2D eigenvalue weighted by molar-refractivity contribution is -0.117. The van der Waals surface area contributed by atoms with Gasteiger partial charge in [-0.1, -0.05) is 12.2 Å². The highest BCUT2D eigenvalue weighted by atomic mass is 16.1. The molecule has 0 saturated heterocycles. The molecule has 3 heteroatoms. The Kier molecular flexibility index (Phi) is 3.74. The normalized spacial score (nSPS) is 14.9. The van der Waals surface area contributed by atoms with Gasteiger partial charge in [-0.25, -0.2) is 0 Å². The van der Waals surface area contributed by atoms with E-state index in [1.165, 1.54) is 5.57 Å². The molecule has 0 saturated carbocycles. The fourth-order valence-corrected chi connectivity index (χ4v) is 1.39. The molecular formula is C11H18N2O. The number of carbonyl (C=O) groups excluding carboxylic acids is 1. The molecule has 0 atom stereocenters. The lowest BCUT2D eigenvalue weighted by Gasteiger charge is -2.20. The first-order chi connectivity index (χ1) is 6.61. The minimum Gasteiger partial charge on any atom is -0.402 e. The van der Waals surface area contributed by atoms with Crippen LogP contribution >= 0.6 is 0 Å². The van der Waals surface area contributed by atoms with Crippen molar-refractivity contribution in [1.29, 1.82) is 0 Å². The Hall–Kier alpha value is -1.25. The van der Waals surface area contributed by atoms with Crippen molar-refractivity contribution in [2.45, 2.75) is 32.6 Å². The van der Waals surface area contributed by atoms with Gasteiger partial charge in [0.2, 0.25) is 5.91 Å². The average molecular weight is 194 g/mol. The van der Waals surface area contributed by atoms with Gasteiger partial charge >= 0.3 is 0 Å². The van der Waals surface area contributed by atoms with Gasteiger partial charge in [0, 0.05) is 17.8 Å². The van der Waals surface area contributed by atoms with E-state index < -0.39 is 0 Å². The number of amides is 1. The molecular weight excluding hydrogens is 176 g/mol. The topological polar surface area (TPSA) is 55.1 Å². The monoisotopic (exact) mass is 194 g/mol. The van der Waals surface area contributed by atoms with Crippen LogP contribution in [0.2, 0.25) is 0 Å². The Morgan fingerprint density at radius 1 is 1.57 bits per heavy atom. The summed E-state index contributed by atoms with van der Waals surface area (Å²) in [6, 6.07) is 0. The van der Waals surface area contributed by atoms with Crippen LogP contribution in [0.1, 0.15) is 32.6 Å². The Balaban J connectivity index is 2.08. The SMILES string of the molecule is C=C(C)C(=O)NCCCC1=C(N)CC1. The van der Waals surface area contributed by atoms with Crippen molar-refractivity contribution in [2.75, 3.05) is 6.54 Å². The Bertz CT molecular complexity index is 279. The summed E-state index contributed by atoms with van der Waals surface area (Å²) in [7, 11) is 0. The van der Waals surface area contributed by atoms with Gasteiger partial charge in [-0.3, -0.25) is 4.79 Å². The molecule has 0 spiro atoms. The van der Waals surface area contributed by atoms with Crippen molar-refractivity contribution < 1.29 is 4.79 Å². The Morgan fingerprint density at radius 3 is 2.71 bits per heavy atom. The van der Waals surface area contributed by atoms with Crippen LogP contribution in [0.25, 0.3) is 0 Å². The minimum absolute atomic E-state index is 0.0550. The third-order valence-corrected chi connectivity index (χ3v) is 2.48. The van der Waals surface area contributed by atoms with Gasteiger partial charge in [0.1, 0.15) is 0 Å². The second-order valence-electron chi connectivity index (χ2n) is 3.77. The number of hydrogen-bond donors (Lipinski definition) is 2. The largest absolute Gasteiger partial charge is 0.402 e. The summed E-state index contributed by atoms with van der Waals surface area (Å²) in [6.45, 7) is 5.99. The fraction of sp³-hybridized carbons (Fsp3) is 0.545. The zero-order valence-electron chi connectivity index (χ0n) is 8.73. The van der Waals surface area contributed by atoms with Crippen LogP contribution < -0.4 is 11.1 Å². The van der Waals surface area contributed by atoms with E-state index in [-0.39, 0.29) is 5.91 Å². The highest BCUT2D eigenvalue weighted by molar-refractivity contribution is 5.91. The molecule has 0 fully saturated rings. The molecule has 1 aliphatic rings. The van der Waals surface area contributed by atoms with E-state index in [0.717, 1.165) is 31.4 Å². The molecule has 1 aliphatic carbocycles. The number of rotatable bonds is 5. The van der Waals surface area contributed by atoms with E-state index in [9.17, 15) is 4.79 Å². The van der Waals surface area contributed by atoms with E-state index in [0.29, 0.717) is 12.1 Å². The first kappa shape index (κ1) is 10.8. The smallest absolute Gasteiger partial charge is 0.246 e. The lowest BCUT2D eigenvalue weighted by Crippen LogP contribution is -2.25. The van der Waals surface area contributed by atoms with Crippen LogP contribution in [0.15, 0.2) is 23.4 Å². The van der Waals surface area contributed by atoms with Gasteiger partial charge in [-0.15, -0.1) is 0 Å². The molecule has 1 rings (SSSR count). The van der Waals surface area contributed by atoms with Crippen LogP contribution in [-0.2, 0) is 4.79 Å². The zero-order chi connectivity index (χ0) is 10.6. The molecule has 0 aromatic heterocycles. The van der Waals surface area contributed by atoms with Crippen molar-refractivity contribution in [2.24, 2.45) is 5.73 Å². The molecule has 0 aromatic carbocycles. The van der Waals surface area contributed by atoms with Gasteiger partial charge in [-0.05, 0) is 32.6 Å². The standard InChI is InChI=1S/C11H18N2O/c1-8(2)11(14)13-7-3-4-9-5-6-10(9)12/h1,3-7,12H2,2H3,(H,13,14). The van der Waals surface area contributed by atoms with Crippen molar-refractivity contribution in [1.82, 2.24) is 5.32 Å². The summed E-state index contributed by atoms with van der Waals surface area (Å²) in [6.07, 6.45) is 4.17. The van der Waals surface area contributed by atoms with Gasteiger partial charge in [0.25, 0.3) is 0 Å². The molecule has 0 aliphatic heterocycles. The van der Waals surface area contributed by atoms with Crippen LogP contribution in [-0.4, -0.2) is 12.5 Å². The molecule has 0 bridgehead atoms. The third kappa shape index (κ3) is 2.91. The van der Waals surface area contributed by atoms with Crippen molar-refractivity contribution in [3.8, 4) is 0 Å². The predicted molar refractivity (Wildman–Crippen MR) is 57.5 cm³/mol. The minimum atomic E-state index is -0.0550. The fourth-order valence-electron chi connectivity index (χ4n) is 1.39. The molecule has 0 heterocycles. The summed E-state index contributed by atoms with van der Waals surface area (Å²) >= 11 is 0. The maximum Gasteiger partial charge on any atom is 0.246 e. The van der Waals surface area contributed by atoms with Crippen molar-refractivity contribution in [3.63, 3.8) is 0 Å². The number of nitrogens with one attached hydrogen (secondary N) is 1.